The summed E-state index contributed by atoms with van der Waals surface area (Å²) in [6.07, 6.45) is 0.567. The number of amides is 1. The number of benzene rings is 1. The Hall–Kier alpha value is -3.07. The van der Waals surface area contributed by atoms with Crippen molar-refractivity contribution in [3.05, 3.63) is 39.8 Å². The maximum atomic E-state index is 12.3. The molecular weight excluding hydrogens is 422 g/mol. The number of rotatable bonds is 10. The molecule has 0 aliphatic heterocycles. The van der Waals surface area contributed by atoms with E-state index in [1.165, 1.54) is 25.6 Å². The summed E-state index contributed by atoms with van der Waals surface area (Å²) in [7, 11) is 3.03. The first-order valence-corrected chi connectivity index (χ1v) is 10.6. The highest BCUT2D eigenvalue weighted by Crippen LogP contribution is 2.34. The fourth-order valence-corrected chi connectivity index (χ4v) is 4.17. The van der Waals surface area contributed by atoms with E-state index >= 15 is 0 Å². The van der Waals surface area contributed by atoms with E-state index in [0.29, 0.717) is 34.0 Å². The van der Waals surface area contributed by atoms with Crippen LogP contribution in [-0.4, -0.2) is 45.3 Å². The predicted octanol–water partition coefficient (Wildman–Crippen LogP) is 3.54. The molecule has 1 N–H and O–H groups in total. The molecule has 0 bridgehead atoms. The van der Waals surface area contributed by atoms with Crippen molar-refractivity contribution >= 4 is 34.2 Å². The summed E-state index contributed by atoms with van der Waals surface area (Å²) in [5, 5.41) is 3.06. The lowest BCUT2D eigenvalue weighted by atomic mass is 10.1. The van der Waals surface area contributed by atoms with E-state index in [1.807, 2.05) is 13.8 Å². The molecule has 1 aromatic carbocycles. The van der Waals surface area contributed by atoms with Crippen LogP contribution in [0.2, 0.25) is 0 Å². The van der Waals surface area contributed by atoms with Gasteiger partial charge >= 0.3 is 11.9 Å². The maximum Gasteiger partial charge on any atom is 0.341 e. The van der Waals surface area contributed by atoms with Gasteiger partial charge in [0.2, 0.25) is 0 Å². The number of thiophene rings is 1. The van der Waals surface area contributed by atoms with Crippen LogP contribution in [0.5, 0.6) is 11.5 Å². The van der Waals surface area contributed by atoms with E-state index in [-0.39, 0.29) is 13.0 Å². The fraction of sp³-hybridized carbons (Fsp3) is 0.409. The largest absolute Gasteiger partial charge is 0.497 e. The van der Waals surface area contributed by atoms with Crippen molar-refractivity contribution < 1.29 is 33.3 Å². The molecule has 0 spiro atoms. The Balaban J connectivity index is 2.01. The van der Waals surface area contributed by atoms with Crippen molar-refractivity contribution in [2.45, 2.75) is 33.6 Å². The van der Waals surface area contributed by atoms with Gasteiger partial charge in [-0.05, 0) is 31.9 Å². The van der Waals surface area contributed by atoms with Crippen LogP contribution in [0.25, 0.3) is 0 Å². The van der Waals surface area contributed by atoms with Gasteiger partial charge < -0.3 is 24.3 Å². The number of aryl methyl sites for hydroxylation is 1. The molecule has 0 radical (unpaired) electrons. The highest BCUT2D eigenvalue weighted by Gasteiger charge is 2.23. The van der Waals surface area contributed by atoms with E-state index in [0.717, 1.165) is 10.4 Å². The van der Waals surface area contributed by atoms with Crippen molar-refractivity contribution in [2.75, 3.05) is 32.8 Å². The summed E-state index contributed by atoms with van der Waals surface area (Å²) in [6, 6.07) is 5.07. The van der Waals surface area contributed by atoms with Gasteiger partial charge in [0.15, 0.2) is 6.61 Å². The number of anilines is 1. The van der Waals surface area contributed by atoms with Crippen LogP contribution < -0.4 is 14.8 Å². The molecular formula is C22H27NO7S. The van der Waals surface area contributed by atoms with Gasteiger partial charge in [0.1, 0.15) is 16.5 Å². The number of carbonyl (C=O) groups excluding carboxylic acids is 3. The van der Waals surface area contributed by atoms with Crippen LogP contribution in [0, 0.1) is 6.92 Å². The van der Waals surface area contributed by atoms with Crippen molar-refractivity contribution in [3.8, 4) is 11.5 Å². The molecule has 31 heavy (non-hydrogen) atoms. The summed E-state index contributed by atoms with van der Waals surface area (Å²) in [4.78, 5) is 37.8. The predicted molar refractivity (Wildman–Crippen MR) is 117 cm³/mol. The number of hydrogen-bond donors (Lipinski definition) is 1. The second kappa shape index (κ2) is 11.4. The van der Waals surface area contributed by atoms with E-state index < -0.39 is 24.5 Å². The average Bonchev–Trinajstić information content (AvgIpc) is 3.07. The third-order valence-corrected chi connectivity index (χ3v) is 5.55. The Morgan fingerprint density at radius 3 is 2.42 bits per heavy atom. The Bertz CT molecular complexity index is 952. The molecule has 0 fully saturated rings. The molecule has 0 atom stereocenters. The first-order chi connectivity index (χ1) is 14.8. The number of carbonyl (C=O) groups is 3. The zero-order valence-corrected chi connectivity index (χ0v) is 19.1. The highest BCUT2D eigenvalue weighted by molar-refractivity contribution is 7.16. The molecule has 0 aliphatic rings. The zero-order chi connectivity index (χ0) is 23.0. The van der Waals surface area contributed by atoms with Crippen LogP contribution >= 0.6 is 11.3 Å². The molecule has 2 aromatic rings. The third kappa shape index (κ3) is 6.21. The maximum absolute atomic E-state index is 12.3. The van der Waals surface area contributed by atoms with Crippen LogP contribution in [0.4, 0.5) is 5.00 Å². The minimum absolute atomic E-state index is 0.0629. The Morgan fingerprint density at radius 1 is 1.06 bits per heavy atom. The standard InChI is InChI=1S/C22H27NO7S/c1-6-16-13(3)31-21(20(16)22(26)29-7-2)23-18(24)12-30-19(25)10-14-8-9-15(27-4)11-17(14)28-5/h8-9,11H,6-7,10,12H2,1-5H3,(H,23,24). The van der Waals surface area contributed by atoms with Gasteiger partial charge in [0.25, 0.3) is 5.91 Å². The quantitative estimate of drug-likeness (QED) is 0.554. The fourth-order valence-electron chi connectivity index (χ4n) is 3.02. The van der Waals surface area contributed by atoms with Crippen molar-refractivity contribution in [3.63, 3.8) is 0 Å². The first-order valence-electron chi connectivity index (χ1n) is 9.80. The molecule has 0 unspecified atom stereocenters. The summed E-state index contributed by atoms with van der Waals surface area (Å²) < 4.78 is 20.6. The van der Waals surface area contributed by atoms with Crippen LogP contribution in [0.3, 0.4) is 0 Å². The van der Waals surface area contributed by atoms with Crippen molar-refractivity contribution in [2.24, 2.45) is 0 Å². The monoisotopic (exact) mass is 449 g/mol. The topological polar surface area (TPSA) is 100 Å². The molecule has 168 valence electrons. The van der Waals surface area contributed by atoms with Gasteiger partial charge in [-0.25, -0.2) is 4.79 Å². The smallest absolute Gasteiger partial charge is 0.341 e. The molecule has 1 heterocycles. The molecule has 0 aliphatic carbocycles. The summed E-state index contributed by atoms with van der Waals surface area (Å²) in [5.41, 5.74) is 1.80. The van der Waals surface area contributed by atoms with E-state index in [2.05, 4.69) is 5.32 Å². The first kappa shape index (κ1) is 24.2. The summed E-state index contributed by atoms with van der Waals surface area (Å²) in [5.74, 6) is -0.516. The SMILES string of the molecule is CCOC(=O)c1c(NC(=O)COC(=O)Cc2ccc(OC)cc2OC)sc(C)c1CC. The minimum atomic E-state index is -0.583. The molecule has 1 aromatic heterocycles. The molecule has 2 rings (SSSR count). The Kier molecular flexibility index (Phi) is 8.87. The molecule has 0 saturated heterocycles. The van der Waals surface area contributed by atoms with E-state index in [1.54, 1.807) is 25.1 Å². The Morgan fingerprint density at radius 2 is 1.81 bits per heavy atom. The van der Waals surface area contributed by atoms with E-state index in [9.17, 15) is 14.4 Å². The van der Waals surface area contributed by atoms with Crippen molar-refractivity contribution in [1.82, 2.24) is 0 Å². The molecule has 1 amide bonds. The molecule has 0 saturated carbocycles. The van der Waals surface area contributed by atoms with Crippen molar-refractivity contribution in [1.29, 1.82) is 0 Å². The number of ether oxygens (including phenoxy) is 4. The minimum Gasteiger partial charge on any atom is -0.497 e. The summed E-state index contributed by atoms with van der Waals surface area (Å²) >= 11 is 1.29. The lowest BCUT2D eigenvalue weighted by molar-refractivity contribution is -0.146. The molecule has 8 nitrogen and oxygen atoms in total. The van der Waals surface area contributed by atoms with Crippen LogP contribution in [-0.2, 0) is 31.9 Å². The highest BCUT2D eigenvalue weighted by atomic mass is 32.1. The van der Waals surface area contributed by atoms with Gasteiger partial charge in [0, 0.05) is 16.5 Å². The zero-order valence-electron chi connectivity index (χ0n) is 18.3. The van der Waals surface area contributed by atoms with Gasteiger partial charge in [-0.15, -0.1) is 11.3 Å². The number of hydrogen-bond acceptors (Lipinski definition) is 8. The number of nitrogens with one attached hydrogen (secondary N) is 1. The number of methoxy groups -OCH3 is 2. The normalized spacial score (nSPS) is 10.4. The van der Waals surface area contributed by atoms with Crippen LogP contribution in [0.15, 0.2) is 18.2 Å². The van der Waals surface area contributed by atoms with Gasteiger partial charge in [-0.3, -0.25) is 9.59 Å². The average molecular weight is 450 g/mol. The molecule has 9 heteroatoms. The lowest BCUT2D eigenvalue weighted by Gasteiger charge is -2.11. The third-order valence-electron chi connectivity index (χ3n) is 4.49. The van der Waals surface area contributed by atoms with Gasteiger partial charge in [-0.2, -0.15) is 0 Å². The van der Waals surface area contributed by atoms with Gasteiger partial charge in [0.05, 0.1) is 32.8 Å². The second-order valence-corrected chi connectivity index (χ2v) is 7.70. The van der Waals surface area contributed by atoms with Gasteiger partial charge in [-0.1, -0.05) is 13.0 Å². The van der Waals surface area contributed by atoms with E-state index in [4.69, 9.17) is 18.9 Å². The second-order valence-electron chi connectivity index (χ2n) is 6.48. The lowest BCUT2D eigenvalue weighted by Crippen LogP contribution is -2.22. The number of esters is 2. The Labute approximate surface area is 185 Å². The summed E-state index contributed by atoms with van der Waals surface area (Å²) in [6.45, 7) is 5.29. The van der Waals surface area contributed by atoms with Crippen LogP contribution in [0.1, 0.15) is 40.2 Å².